The monoisotopic (exact) mass is 396 g/mol. The van der Waals surface area contributed by atoms with E-state index in [2.05, 4.69) is 115 Å². The van der Waals surface area contributed by atoms with Gasteiger partial charge in [0.1, 0.15) is 5.75 Å². The van der Waals surface area contributed by atoms with E-state index in [4.69, 9.17) is 4.74 Å². The van der Waals surface area contributed by atoms with Gasteiger partial charge in [-0.15, -0.1) is 0 Å². The third-order valence-electron chi connectivity index (χ3n) is 6.97. The summed E-state index contributed by atoms with van der Waals surface area (Å²) in [5, 5.41) is 2.33. The van der Waals surface area contributed by atoms with Crippen molar-refractivity contribution in [2.75, 3.05) is 0 Å². The first-order valence-corrected chi connectivity index (χ1v) is 10.8. The Morgan fingerprint density at radius 3 is 1.58 bits per heavy atom. The molecule has 5 aromatic rings. The smallest absolute Gasteiger partial charge is 0.185 e. The van der Waals surface area contributed by atoms with Gasteiger partial charge in [0.05, 0.1) is 0 Å². The van der Waals surface area contributed by atoms with Gasteiger partial charge in [-0.05, 0) is 28.1 Å². The molecule has 3 aliphatic carbocycles. The second-order valence-electron chi connectivity index (χ2n) is 8.46. The highest BCUT2D eigenvalue weighted by atomic mass is 16.5. The molecule has 0 fully saturated rings. The fraction of sp³-hybridized carbons (Fsp3) is 0.0667. The van der Waals surface area contributed by atoms with Gasteiger partial charge in [0.15, 0.2) is 5.60 Å². The Kier molecular flexibility index (Phi) is 3.32. The second kappa shape index (κ2) is 6.09. The average molecular weight is 396 g/mol. The van der Waals surface area contributed by atoms with Crippen molar-refractivity contribution in [2.45, 2.75) is 11.5 Å². The number of fused-ring (bicyclic) bond motifs is 1. The number of rotatable bonds is 2. The molecule has 0 saturated carbocycles. The molecule has 5 aromatic carbocycles. The molecule has 2 bridgehead atoms. The van der Waals surface area contributed by atoms with Crippen LogP contribution < -0.4 is 4.74 Å². The predicted octanol–water partition coefficient (Wildman–Crippen LogP) is 7.02. The minimum Gasteiger partial charge on any atom is -0.472 e. The topological polar surface area (TPSA) is 9.23 Å². The van der Waals surface area contributed by atoms with Crippen LogP contribution in [0.2, 0.25) is 0 Å². The molecule has 8 rings (SSSR count). The summed E-state index contributed by atoms with van der Waals surface area (Å²) in [5.74, 6) is 1.17. The van der Waals surface area contributed by atoms with E-state index >= 15 is 0 Å². The summed E-state index contributed by atoms with van der Waals surface area (Å²) in [7, 11) is 0. The standard InChI is InChI=1S/C30H20O/c1-2-12-21-20(10-1)11-9-19-28(21)31-30-25-16-6-3-13-22(25)29(23-14-4-7-17-26(23)30)24-15-5-8-18-27(24)30/h1-19,29H. The summed E-state index contributed by atoms with van der Waals surface area (Å²) in [5.41, 5.74) is 7.14. The van der Waals surface area contributed by atoms with Gasteiger partial charge in [0, 0.05) is 28.0 Å². The van der Waals surface area contributed by atoms with Crippen LogP contribution in [0.25, 0.3) is 10.8 Å². The highest BCUT2D eigenvalue weighted by molar-refractivity contribution is 5.88. The maximum Gasteiger partial charge on any atom is 0.185 e. The van der Waals surface area contributed by atoms with Crippen LogP contribution in [0.3, 0.4) is 0 Å². The minimum absolute atomic E-state index is 0.251. The van der Waals surface area contributed by atoms with Crippen LogP contribution >= 0.6 is 0 Å². The Morgan fingerprint density at radius 2 is 0.968 bits per heavy atom. The number of ether oxygens (including phenoxy) is 1. The lowest BCUT2D eigenvalue weighted by Gasteiger charge is -2.50. The van der Waals surface area contributed by atoms with Crippen LogP contribution in [-0.2, 0) is 5.60 Å². The Hall–Kier alpha value is -3.84. The van der Waals surface area contributed by atoms with Gasteiger partial charge < -0.3 is 4.74 Å². The van der Waals surface area contributed by atoms with Crippen LogP contribution in [0.4, 0.5) is 0 Å². The normalized spacial score (nSPS) is 20.1. The third-order valence-corrected chi connectivity index (χ3v) is 6.97. The van der Waals surface area contributed by atoms with Gasteiger partial charge in [-0.3, -0.25) is 0 Å². The summed E-state index contributed by atoms with van der Waals surface area (Å²) < 4.78 is 7.22. The lowest BCUT2D eigenvalue weighted by molar-refractivity contribution is 0.144. The molecule has 0 aromatic heterocycles. The Bertz CT molecular complexity index is 1360. The maximum absolute atomic E-state index is 7.22. The molecule has 0 saturated heterocycles. The van der Waals surface area contributed by atoms with Crippen LogP contribution in [0, 0.1) is 0 Å². The summed E-state index contributed by atoms with van der Waals surface area (Å²) in [6, 6.07) is 41.2. The quantitative estimate of drug-likeness (QED) is 0.312. The average Bonchev–Trinajstić information content (AvgIpc) is 2.85. The summed E-state index contributed by atoms with van der Waals surface area (Å²) in [4.78, 5) is 0. The highest BCUT2D eigenvalue weighted by Crippen LogP contribution is 2.59. The molecule has 0 aliphatic heterocycles. The molecule has 0 unspecified atom stereocenters. The zero-order valence-corrected chi connectivity index (χ0v) is 17.0. The molecule has 0 spiro atoms. The van der Waals surface area contributed by atoms with Crippen molar-refractivity contribution in [1.82, 2.24) is 0 Å². The van der Waals surface area contributed by atoms with Gasteiger partial charge in [0.2, 0.25) is 0 Å². The van der Waals surface area contributed by atoms with Crippen molar-refractivity contribution in [1.29, 1.82) is 0 Å². The molecule has 0 radical (unpaired) electrons. The molecular formula is C30H20O. The minimum atomic E-state index is -0.664. The zero-order valence-electron chi connectivity index (χ0n) is 17.0. The third kappa shape index (κ3) is 2.11. The van der Waals surface area contributed by atoms with E-state index in [0.29, 0.717) is 0 Å². The second-order valence-corrected chi connectivity index (χ2v) is 8.46. The van der Waals surface area contributed by atoms with E-state index in [1.54, 1.807) is 0 Å². The molecular weight excluding hydrogens is 376 g/mol. The van der Waals surface area contributed by atoms with Gasteiger partial charge in [-0.1, -0.05) is 109 Å². The van der Waals surface area contributed by atoms with Crippen LogP contribution in [0.1, 0.15) is 39.3 Å². The van der Waals surface area contributed by atoms with E-state index in [1.165, 1.54) is 38.8 Å². The van der Waals surface area contributed by atoms with E-state index in [1.807, 2.05) is 0 Å². The molecule has 1 heteroatoms. The molecule has 0 heterocycles. The van der Waals surface area contributed by atoms with Crippen molar-refractivity contribution in [3.63, 3.8) is 0 Å². The van der Waals surface area contributed by atoms with Gasteiger partial charge in [-0.2, -0.15) is 0 Å². The summed E-state index contributed by atoms with van der Waals surface area (Å²) >= 11 is 0. The van der Waals surface area contributed by atoms with Crippen molar-refractivity contribution >= 4 is 10.8 Å². The molecule has 3 aliphatic rings. The van der Waals surface area contributed by atoms with Crippen molar-refractivity contribution in [3.8, 4) is 5.75 Å². The highest BCUT2D eigenvalue weighted by Gasteiger charge is 2.53. The van der Waals surface area contributed by atoms with E-state index in [0.717, 1.165) is 11.1 Å². The van der Waals surface area contributed by atoms with E-state index in [-0.39, 0.29) is 5.92 Å². The van der Waals surface area contributed by atoms with E-state index < -0.39 is 5.60 Å². The number of benzene rings is 5. The number of hydrogen-bond donors (Lipinski definition) is 0. The van der Waals surface area contributed by atoms with Crippen molar-refractivity contribution in [3.05, 3.63) is 149 Å². The zero-order chi connectivity index (χ0) is 20.4. The molecule has 0 amide bonds. The number of hydrogen-bond acceptors (Lipinski definition) is 1. The lowest BCUT2D eigenvalue weighted by atomic mass is 9.58. The molecule has 31 heavy (non-hydrogen) atoms. The fourth-order valence-corrected chi connectivity index (χ4v) is 5.76. The van der Waals surface area contributed by atoms with Crippen molar-refractivity contribution in [2.24, 2.45) is 0 Å². The largest absolute Gasteiger partial charge is 0.472 e. The fourth-order valence-electron chi connectivity index (χ4n) is 5.76. The van der Waals surface area contributed by atoms with Gasteiger partial charge in [0.25, 0.3) is 0 Å². The maximum atomic E-state index is 7.22. The van der Waals surface area contributed by atoms with Crippen LogP contribution in [0.5, 0.6) is 5.75 Å². The van der Waals surface area contributed by atoms with E-state index in [9.17, 15) is 0 Å². The van der Waals surface area contributed by atoms with Gasteiger partial charge >= 0.3 is 0 Å². The Morgan fingerprint density at radius 1 is 0.484 bits per heavy atom. The first-order valence-electron chi connectivity index (χ1n) is 10.8. The predicted molar refractivity (Wildman–Crippen MR) is 125 cm³/mol. The molecule has 0 N–H and O–H groups in total. The summed E-state index contributed by atoms with van der Waals surface area (Å²) in [6.07, 6.45) is 0. The van der Waals surface area contributed by atoms with Crippen LogP contribution in [-0.4, -0.2) is 0 Å². The molecule has 0 atom stereocenters. The first kappa shape index (κ1) is 16.9. The van der Waals surface area contributed by atoms with Crippen molar-refractivity contribution < 1.29 is 4.74 Å². The van der Waals surface area contributed by atoms with Crippen LogP contribution in [0.15, 0.2) is 115 Å². The Labute approximate surface area is 181 Å². The molecule has 146 valence electrons. The summed E-state index contributed by atoms with van der Waals surface area (Å²) in [6.45, 7) is 0. The lowest BCUT2D eigenvalue weighted by Crippen LogP contribution is -2.46. The Balaban J connectivity index is 1.60. The van der Waals surface area contributed by atoms with Gasteiger partial charge in [-0.25, -0.2) is 0 Å². The molecule has 1 nitrogen and oxygen atoms in total. The first-order chi connectivity index (χ1) is 15.4. The SMILES string of the molecule is c1ccc2c(c1)C1c3ccccc3C2(Oc2cccc3ccccc23)c2ccccc21.